The molecule has 0 radical (unpaired) electrons. The molecule has 0 spiro atoms. The van der Waals surface area contributed by atoms with Crippen LogP contribution >= 0.6 is 0 Å². The number of aromatic nitrogens is 1. The lowest BCUT2D eigenvalue weighted by Gasteiger charge is -2.05. The molecule has 1 fully saturated rings. The Balaban J connectivity index is 2.09. The van der Waals surface area contributed by atoms with E-state index in [0.29, 0.717) is 12.5 Å². The van der Waals surface area contributed by atoms with Gasteiger partial charge in [-0.1, -0.05) is 0 Å². The molecule has 0 aliphatic heterocycles. The van der Waals surface area contributed by atoms with Crippen LogP contribution in [0, 0.1) is 5.92 Å². The minimum absolute atomic E-state index is 0.133. The zero-order valence-corrected chi connectivity index (χ0v) is 7.64. The standard InChI is InChI=1S/C10H11NO3/c12-10(13)8-2-1-5-11-9(8)14-6-7-3-4-7/h1-2,5,7H,3-4,6H2,(H,12,13). The third-order valence-electron chi connectivity index (χ3n) is 2.15. The minimum Gasteiger partial charge on any atom is -0.477 e. The van der Waals surface area contributed by atoms with Crippen molar-refractivity contribution in [3.8, 4) is 5.88 Å². The lowest BCUT2D eigenvalue weighted by molar-refractivity contribution is 0.0691. The Bertz CT molecular complexity index is 347. The third-order valence-corrected chi connectivity index (χ3v) is 2.15. The second-order valence-corrected chi connectivity index (χ2v) is 3.42. The summed E-state index contributed by atoms with van der Waals surface area (Å²) in [4.78, 5) is 14.7. The Morgan fingerprint density at radius 2 is 2.43 bits per heavy atom. The number of rotatable bonds is 4. The van der Waals surface area contributed by atoms with Crippen LogP contribution in [0.2, 0.25) is 0 Å². The molecule has 14 heavy (non-hydrogen) atoms. The lowest BCUT2D eigenvalue weighted by Crippen LogP contribution is -2.06. The molecule has 0 saturated heterocycles. The van der Waals surface area contributed by atoms with Gasteiger partial charge in [-0.3, -0.25) is 0 Å². The molecule has 1 aromatic rings. The molecule has 0 aromatic carbocycles. The van der Waals surface area contributed by atoms with Crippen LogP contribution in [0.5, 0.6) is 5.88 Å². The second kappa shape index (κ2) is 3.65. The van der Waals surface area contributed by atoms with E-state index in [2.05, 4.69) is 4.98 Å². The molecule has 1 saturated carbocycles. The van der Waals surface area contributed by atoms with Gasteiger partial charge in [0.1, 0.15) is 5.56 Å². The van der Waals surface area contributed by atoms with E-state index in [1.807, 2.05) is 0 Å². The average molecular weight is 193 g/mol. The lowest BCUT2D eigenvalue weighted by atomic mass is 10.3. The number of hydrogen-bond acceptors (Lipinski definition) is 3. The van der Waals surface area contributed by atoms with Crippen LogP contribution < -0.4 is 4.74 Å². The molecule has 1 N–H and O–H groups in total. The van der Waals surface area contributed by atoms with Crippen LogP contribution in [0.15, 0.2) is 18.3 Å². The van der Waals surface area contributed by atoms with Gasteiger partial charge in [-0.25, -0.2) is 9.78 Å². The van der Waals surface area contributed by atoms with Crippen molar-refractivity contribution < 1.29 is 14.6 Å². The topological polar surface area (TPSA) is 59.4 Å². The Kier molecular flexibility index (Phi) is 2.35. The summed E-state index contributed by atoms with van der Waals surface area (Å²) >= 11 is 0. The smallest absolute Gasteiger partial charge is 0.341 e. The Morgan fingerprint density at radius 1 is 1.64 bits per heavy atom. The van der Waals surface area contributed by atoms with Crippen molar-refractivity contribution in [2.75, 3.05) is 6.61 Å². The van der Waals surface area contributed by atoms with Gasteiger partial charge < -0.3 is 9.84 Å². The van der Waals surface area contributed by atoms with Crippen molar-refractivity contribution in [3.63, 3.8) is 0 Å². The largest absolute Gasteiger partial charge is 0.477 e. The molecule has 1 aromatic heterocycles. The molecular formula is C10H11NO3. The van der Waals surface area contributed by atoms with Gasteiger partial charge in [0, 0.05) is 6.20 Å². The molecular weight excluding hydrogens is 182 g/mol. The number of hydrogen-bond donors (Lipinski definition) is 1. The molecule has 0 atom stereocenters. The van der Waals surface area contributed by atoms with Gasteiger partial charge in [0.25, 0.3) is 0 Å². The summed E-state index contributed by atoms with van der Waals surface area (Å²) in [5, 5.41) is 8.83. The van der Waals surface area contributed by atoms with Gasteiger partial charge in [-0.15, -0.1) is 0 Å². The molecule has 4 heteroatoms. The van der Waals surface area contributed by atoms with E-state index < -0.39 is 5.97 Å². The van der Waals surface area contributed by atoms with Crippen LogP contribution in [0.25, 0.3) is 0 Å². The van der Waals surface area contributed by atoms with Crippen molar-refractivity contribution in [1.29, 1.82) is 0 Å². The predicted molar refractivity (Wildman–Crippen MR) is 49.4 cm³/mol. The van der Waals surface area contributed by atoms with Gasteiger partial charge in [-0.05, 0) is 30.9 Å². The van der Waals surface area contributed by atoms with Crippen LogP contribution in [0.4, 0.5) is 0 Å². The van der Waals surface area contributed by atoms with E-state index in [0.717, 1.165) is 0 Å². The number of carboxylic acids is 1. The predicted octanol–water partition coefficient (Wildman–Crippen LogP) is 1.57. The first-order valence-corrected chi connectivity index (χ1v) is 4.58. The Labute approximate surface area is 81.5 Å². The van der Waals surface area contributed by atoms with Gasteiger partial charge in [0.2, 0.25) is 5.88 Å². The highest BCUT2D eigenvalue weighted by Crippen LogP contribution is 2.29. The molecule has 0 bridgehead atoms. The number of carbonyl (C=O) groups is 1. The SMILES string of the molecule is O=C(O)c1cccnc1OCC1CC1. The van der Waals surface area contributed by atoms with Crippen molar-refractivity contribution in [2.24, 2.45) is 5.92 Å². The van der Waals surface area contributed by atoms with E-state index >= 15 is 0 Å². The van der Waals surface area contributed by atoms with Crippen molar-refractivity contribution in [1.82, 2.24) is 4.98 Å². The summed E-state index contributed by atoms with van der Waals surface area (Å²) < 4.78 is 5.33. The van der Waals surface area contributed by atoms with Crippen LogP contribution in [-0.2, 0) is 0 Å². The van der Waals surface area contributed by atoms with E-state index in [-0.39, 0.29) is 11.4 Å². The van der Waals surface area contributed by atoms with Crippen LogP contribution in [-0.4, -0.2) is 22.7 Å². The molecule has 0 unspecified atom stereocenters. The molecule has 2 rings (SSSR count). The maximum Gasteiger partial charge on any atom is 0.341 e. The molecule has 74 valence electrons. The maximum absolute atomic E-state index is 10.8. The molecule has 1 aliphatic rings. The Morgan fingerprint density at radius 3 is 3.07 bits per heavy atom. The summed E-state index contributed by atoms with van der Waals surface area (Å²) in [7, 11) is 0. The van der Waals surface area contributed by atoms with Gasteiger partial charge in [0.15, 0.2) is 0 Å². The fourth-order valence-electron chi connectivity index (χ4n) is 1.15. The van der Waals surface area contributed by atoms with Crippen molar-refractivity contribution >= 4 is 5.97 Å². The van der Waals surface area contributed by atoms with Crippen LogP contribution in [0.3, 0.4) is 0 Å². The maximum atomic E-state index is 10.8. The number of pyridine rings is 1. The monoisotopic (exact) mass is 193 g/mol. The van der Waals surface area contributed by atoms with Crippen molar-refractivity contribution in [2.45, 2.75) is 12.8 Å². The van der Waals surface area contributed by atoms with Gasteiger partial charge >= 0.3 is 5.97 Å². The molecule has 1 aliphatic carbocycles. The second-order valence-electron chi connectivity index (χ2n) is 3.42. The fraction of sp³-hybridized carbons (Fsp3) is 0.400. The van der Waals surface area contributed by atoms with Crippen LogP contribution in [0.1, 0.15) is 23.2 Å². The minimum atomic E-state index is -0.996. The first-order chi connectivity index (χ1) is 6.77. The van der Waals surface area contributed by atoms with E-state index in [9.17, 15) is 4.79 Å². The van der Waals surface area contributed by atoms with Crippen molar-refractivity contribution in [3.05, 3.63) is 23.9 Å². The summed E-state index contributed by atoms with van der Waals surface area (Å²) in [5.74, 6) is -0.172. The van der Waals surface area contributed by atoms with E-state index in [4.69, 9.17) is 9.84 Å². The average Bonchev–Trinajstić information content (AvgIpc) is 2.98. The summed E-state index contributed by atoms with van der Waals surface area (Å²) in [6.07, 6.45) is 3.89. The van der Waals surface area contributed by atoms with Gasteiger partial charge in [0.05, 0.1) is 6.61 Å². The zero-order valence-electron chi connectivity index (χ0n) is 7.64. The fourth-order valence-corrected chi connectivity index (χ4v) is 1.15. The summed E-state index contributed by atoms with van der Waals surface area (Å²) in [5.41, 5.74) is 0.133. The number of aromatic carboxylic acids is 1. The van der Waals surface area contributed by atoms with Gasteiger partial charge in [-0.2, -0.15) is 0 Å². The summed E-state index contributed by atoms with van der Waals surface area (Å²) in [6.45, 7) is 0.581. The molecule has 4 nitrogen and oxygen atoms in total. The number of ether oxygens (including phenoxy) is 1. The zero-order chi connectivity index (χ0) is 9.97. The first-order valence-electron chi connectivity index (χ1n) is 4.58. The third kappa shape index (κ3) is 2.02. The quantitative estimate of drug-likeness (QED) is 0.788. The van der Waals surface area contributed by atoms with E-state index in [1.54, 1.807) is 6.07 Å². The number of carboxylic acid groups (broad SMARTS) is 1. The number of nitrogens with zero attached hydrogens (tertiary/aromatic N) is 1. The highest BCUT2D eigenvalue weighted by molar-refractivity contribution is 5.90. The Hall–Kier alpha value is -1.58. The molecule has 1 heterocycles. The first kappa shape index (κ1) is 8.99. The normalized spacial score (nSPS) is 15.1. The van der Waals surface area contributed by atoms with E-state index in [1.165, 1.54) is 25.1 Å². The summed E-state index contributed by atoms with van der Waals surface area (Å²) in [6, 6.07) is 3.09. The molecule has 0 amide bonds. The highest BCUT2D eigenvalue weighted by Gasteiger charge is 2.23. The highest BCUT2D eigenvalue weighted by atomic mass is 16.5.